The maximum Gasteiger partial charge on any atom is 0.239 e. The molecule has 0 radical (unpaired) electrons. The summed E-state index contributed by atoms with van der Waals surface area (Å²) in [6.07, 6.45) is 0. The summed E-state index contributed by atoms with van der Waals surface area (Å²) in [5.41, 5.74) is 7.62. The quantitative estimate of drug-likeness (QED) is 0.785. The van der Waals surface area contributed by atoms with Crippen LogP contribution in [-0.4, -0.2) is 18.2 Å². The Kier molecular flexibility index (Phi) is 2.71. The lowest BCUT2D eigenvalue weighted by Crippen LogP contribution is -2.36. The molecule has 1 aromatic rings. The van der Waals surface area contributed by atoms with Crippen LogP contribution in [0.25, 0.3) is 0 Å². The van der Waals surface area contributed by atoms with E-state index >= 15 is 0 Å². The maximum absolute atomic E-state index is 11.8. The Balaban J connectivity index is 2.47. The first kappa shape index (κ1) is 10.5. The topological polar surface area (TPSA) is 46.3 Å². The first-order chi connectivity index (χ1) is 7.13. The molecule has 2 N–H and O–H groups in total. The van der Waals surface area contributed by atoms with Crippen molar-refractivity contribution in [3.05, 3.63) is 23.8 Å². The van der Waals surface area contributed by atoms with Crippen LogP contribution in [-0.2, 0) is 11.3 Å². The molecule has 0 aliphatic carbocycles. The Labute approximate surface area is 93.6 Å². The molecule has 2 rings (SSSR count). The predicted molar refractivity (Wildman–Crippen MR) is 63.1 cm³/mol. The largest absolute Gasteiger partial charge is 0.326 e. The SMILES string of the molecule is CC1Sc2ccc(CN)cc2N(C)C1=O. The minimum atomic E-state index is 0.00577. The lowest BCUT2D eigenvalue weighted by Gasteiger charge is -2.29. The number of nitrogens with two attached hydrogens (primary N) is 1. The van der Waals surface area contributed by atoms with Crippen molar-refractivity contribution in [1.82, 2.24) is 0 Å². The van der Waals surface area contributed by atoms with Crippen molar-refractivity contribution < 1.29 is 4.79 Å². The van der Waals surface area contributed by atoms with Gasteiger partial charge in [-0.25, -0.2) is 0 Å². The van der Waals surface area contributed by atoms with E-state index in [0.29, 0.717) is 6.54 Å². The fourth-order valence-corrected chi connectivity index (χ4v) is 2.79. The van der Waals surface area contributed by atoms with Crippen molar-refractivity contribution in [3.63, 3.8) is 0 Å². The van der Waals surface area contributed by atoms with E-state index in [1.54, 1.807) is 16.7 Å². The van der Waals surface area contributed by atoms with Gasteiger partial charge < -0.3 is 10.6 Å². The van der Waals surface area contributed by atoms with Crippen molar-refractivity contribution in [1.29, 1.82) is 0 Å². The zero-order chi connectivity index (χ0) is 11.0. The van der Waals surface area contributed by atoms with Crippen molar-refractivity contribution in [2.24, 2.45) is 5.73 Å². The number of carbonyl (C=O) groups is 1. The van der Waals surface area contributed by atoms with E-state index in [4.69, 9.17) is 5.73 Å². The van der Waals surface area contributed by atoms with Crippen LogP contribution in [0.3, 0.4) is 0 Å². The van der Waals surface area contributed by atoms with Crippen molar-refractivity contribution in [3.8, 4) is 0 Å². The standard InChI is InChI=1S/C11H14N2OS/c1-7-11(14)13(2)9-5-8(6-12)3-4-10(9)15-7/h3-5,7H,6,12H2,1-2H3. The zero-order valence-corrected chi connectivity index (χ0v) is 9.67. The smallest absolute Gasteiger partial charge is 0.239 e. The van der Waals surface area contributed by atoms with Gasteiger partial charge in [0.05, 0.1) is 10.9 Å². The number of hydrogen-bond donors (Lipinski definition) is 1. The number of amides is 1. The summed E-state index contributed by atoms with van der Waals surface area (Å²) in [6.45, 7) is 2.44. The number of anilines is 1. The van der Waals surface area contributed by atoms with Gasteiger partial charge in [0.2, 0.25) is 5.91 Å². The molecule has 0 spiro atoms. The number of benzene rings is 1. The summed E-state index contributed by atoms with van der Waals surface area (Å²) in [6, 6.07) is 6.05. The molecular formula is C11H14N2OS. The van der Waals surface area contributed by atoms with Gasteiger partial charge in [0.25, 0.3) is 0 Å². The van der Waals surface area contributed by atoms with Crippen LogP contribution in [0.15, 0.2) is 23.1 Å². The fraction of sp³-hybridized carbons (Fsp3) is 0.364. The van der Waals surface area contributed by atoms with E-state index < -0.39 is 0 Å². The van der Waals surface area contributed by atoms with Crippen molar-refractivity contribution >= 4 is 23.4 Å². The predicted octanol–water partition coefficient (Wildman–Crippen LogP) is 1.60. The van der Waals surface area contributed by atoms with E-state index in [-0.39, 0.29) is 11.2 Å². The van der Waals surface area contributed by atoms with Gasteiger partial charge in [0, 0.05) is 18.5 Å². The van der Waals surface area contributed by atoms with Gasteiger partial charge in [-0.1, -0.05) is 6.07 Å². The summed E-state index contributed by atoms with van der Waals surface area (Å²) >= 11 is 1.61. The van der Waals surface area contributed by atoms with Crippen LogP contribution in [0, 0.1) is 0 Å². The third-order valence-electron chi connectivity index (χ3n) is 2.60. The molecule has 1 atom stereocenters. The molecule has 3 nitrogen and oxygen atoms in total. The van der Waals surface area contributed by atoms with Crippen LogP contribution in [0.1, 0.15) is 12.5 Å². The van der Waals surface area contributed by atoms with Gasteiger partial charge in [-0.05, 0) is 24.6 Å². The Morgan fingerprint density at radius 2 is 2.27 bits per heavy atom. The number of thioether (sulfide) groups is 1. The van der Waals surface area contributed by atoms with Crippen LogP contribution < -0.4 is 10.6 Å². The van der Waals surface area contributed by atoms with Gasteiger partial charge in [0.15, 0.2) is 0 Å². The molecule has 15 heavy (non-hydrogen) atoms. The Hall–Kier alpha value is -1.00. The second-order valence-electron chi connectivity index (χ2n) is 3.66. The summed E-state index contributed by atoms with van der Waals surface area (Å²) in [5.74, 6) is 0.154. The first-order valence-corrected chi connectivity index (χ1v) is 5.78. The molecule has 1 aliphatic heterocycles. The highest BCUT2D eigenvalue weighted by Crippen LogP contribution is 2.38. The second kappa shape index (κ2) is 3.87. The molecule has 1 amide bonds. The Morgan fingerprint density at radius 3 is 2.93 bits per heavy atom. The van der Waals surface area contributed by atoms with E-state index in [1.807, 2.05) is 32.2 Å². The van der Waals surface area contributed by atoms with Gasteiger partial charge >= 0.3 is 0 Å². The number of fused-ring (bicyclic) bond motifs is 1. The van der Waals surface area contributed by atoms with Gasteiger partial charge in [0.1, 0.15) is 0 Å². The number of nitrogens with zero attached hydrogens (tertiary/aromatic N) is 1. The van der Waals surface area contributed by atoms with Gasteiger partial charge in [-0.3, -0.25) is 4.79 Å². The van der Waals surface area contributed by atoms with Gasteiger partial charge in [-0.2, -0.15) is 0 Å². The first-order valence-electron chi connectivity index (χ1n) is 4.90. The van der Waals surface area contributed by atoms with Gasteiger partial charge in [-0.15, -0.1) is 11.8 Å². The molecule has 0 saturated carbocycles. The number of carbonyl (C=O) groups excluding carboxylic acids is 1. The second-order valence-corrected chi connectivity index (χ2v) is 5.05. The molecule has 0 aromatic heterocycles. The maximum atomic E-state index is 11.8. The van der Waals surface area contributed by atoms with Crippen LogP contribution in [0.2, 0.25) is 0 Å². The zero-order valence-electron chi connectivity index (χ0n) is 8.86. The van der Waals surface area contributed by atoms with E-state index in [9.17, 15) is 4.79 Å². The molecule has 1 unspecified atom stereocenters. The van der Waals surface area contributed by atoms with E-state index in [0.717, 1.165) is 16.1 Å². The Bertz CT molecular complexity index is 406. The highest BCUT2D eigenvalue weighted by molar-refractivity contribution is 8.00. The molecule has 4 heteroatoms. The number of rotatable bonds is 1. The minimum Gasteiger partial charge on any atom is -0.326 e. The summed E-state index contributed by atoms with van der Waals surface area (Å²) < 4.78 is 0. The molecule has 1 aliphatic rings. The molecule has 80 valence electrons. The highest BCUT2D eigenvalue weighted by Gasteiger charge is 2.27. The highest BCUT2D eigenvalue weighted by atomic mass is 32.2. The summed E-state index contributed by atoms with van der Waals surface area (Å²) in [7, 11) is 1.82. The van der Waals surface area contributed by atoms with Crippen molar-refractivity contribution in [2.45, 2.75) is 23.6 Å². The lowest BCUT2D eigenvalue weighted by atomic mass is 10.2. The Morgan fingerprint density at radius 1 is 1.53 bits per heavy atom. The summed E-state index contributed by atoms with van der Waals surface area (Å²) in [5, 5.41) is 0.00577. The minimum absolute atomic E-state index is 0.00577. The summed E-state index contributed by atoms with van der Waals surface area (Å²) in [4.78, 5) is 14.6. The third-order valence-corrected chi connectivity index (χ3v) is 3.76. The molecule has 0 bridgehead atoms. The van der Waals surface area contributed by atoms with Crippen LogP contribution >= 0.6 is 11.8 Å². The van der Waals surface area contributed by atoms with Crippen LogP contribution in [0.4, 0.5) is 5.69 Å². The molecule has 0 fully saturated rings. The normalized spacial score (nSPS) is 20.3. The lowest BCUT2D eigenvalue weighted by molar-refractivity contribution is -0.117. The average Bonchev–Trinajstić information content (AvgIpc) is 2.26. The average molecular weight is 222 g/mol. The molecule has 1 aromatic carbocycles. The third kappa shape index (κ3) is 1.75. The van der Waals surface area contributed by atoms with Crippen molar-refractivity contribution in [2.75, 3.05) is 11.9 Å². The molecule has 0 saturated heterocycles. The monoisotopic (exact) mass is 222 g/mol. The van der Waals surface area contributed by atoms with Crippen LogP contribution in [0.5, 0.6) is 0 Å². The number of hydrogen-bond acceptors (Lipinski definition) is 3. The molecule has 1 heterocycles. The van der Waals surface area contributed by atoms with E-state index in [1.165, 1.54) is 0 Å². The molecular weight excluding hydrogens is 208 g/mol. The fourth-order valence-electron chi connectivity index (χ4n) is 1.68. The van der Waals surface area contributed by atoms with E-state index in [2.05, 4.69) is 0 Å².